The number of alkyl carbamates (subject to hydrolysis) is 1. The highest BCUT2D eigenvalue weighted by Crippen LogP contribution is 2.58. The Morgan fingerprint density at radius 1 is 0.957 bits per heavy atom. The van der Waals surface area contributed by atoms with Gasteiger partial charge in [0.2, 0.25) is 11.8 Å². The molecule has 2 aliphatic heterocycles. The third-order valence-electron chi connectivity index (χ3n) is 11.5. The van der Waals surface area contributed by atoms with E-state index >= 15 is 8.78 Å². The molecule has 0 radical (unpaired) electrons. The zero-order chi connectivity index (χ0) is 32.9. The summed E-state index contributed by atoms with van der Waals surface area (Å²) in [6, 6.07) is 3.11. The third-order valence-corrected chi connectivity index (χ3v) is 11.5. The number of amides is 2. The van der Waals surface area contributed by atoms with Crippen molar-refractivity contribution in [1.29, 1.82) is 0 Å². The van der Waals surface area contributed by atoms with E-state index in [2.05, 4.69) is 15.3 Å². The van der Waals surface area contributed by atoms with Crippen molar-refractivity contribution >= 4 is 29.3 Å². The van der Waals surface area contributed by atoms with Gasteiger partial charge in [0.15, 0.2) is 5.69 Å². The molecule has 1 N–H and O–H groups in total. The van der Waals surface area contributed by atoms with Crippen LogP contribution in [-0.4, -0.2) is 71.1 Å². The average Bonchev–Trinajstić information content (AvgIpc) is 3.65. The summed E-state index contributed by atoms with van der Waals surface area (Å²) in [6.45, 7) is 1.73. The number of nitrogens with zero attached hydrogens (tertiary/aromatic N) is 3. The molecule has 2 aromatic rings. The number of carbonyl (C=O) groups is 3. The predicted octanol–water partition coefficient (Wildman–Crippen LogP) is 5.80. The average molecular weight is 655 g/mol. The van der Waals surface area contributed by atoms with Crippen LogP contribution in [0.1, 0.15) is 83.2 Å². The van der Waals surface area contributed by atoms with E-state index in [1.807, 2.05) is 0 Å². The molecule has 4 fully saturated rings. The van der Waals surface area contributed by atoms with Crippen LogP contribution < -0.4 is 14.8 Å². The fraction of sp³-hybridized carbons (Fsp3) is 0.686. The van der Waals surface area contributed by atoms with Crippen molar-refractivity contribution in [2.45, 2.75) is 108 Å². The van der Waals surface area contributed by atoms with Crippen LogP contribution in [-0.2, 0) is 20.2 Å². The van der Waals surface area contributed by atoms with E-state index in [0.717, 1.165) is 44.9 Å². The SMILES string of the molecule is COc1ccc2nc3c(nc2c1)O[C@H]1CN(C(=O)[C@H](C2CCCCC2)NC(=O)O[C@@H]2CC4CC4[C@H]2CCCCC3(F)F)[C@H](C=O)[C@@H]1C. The first-order chi connectivity index (χ1) is 22.7. The largest absolute Gasteiger partial charge is 0.497 e. The van der Waals surface area contributed by atoms with E-state index in [4.69, 9.17) is 14.2 Å². The highest BCUT2D eigenvalue weighted by molar-refractivity contribution is 5.88. The van der Waals surface area contributed by atoms with Crippen LogP contribution in [0.25, 0.3) is 11.0 Å². The lowest BCUT2D eigenvalue weighted by molar-refractivity contribution is -0.138. The first-order valence-electron chi connectivity index (χ1n) is 17.3. The maximum Gasteiger partial charge on any atom is 0.408 e. The van der Waals surface area contributed by atoms with Crippen LogP contribution in [0.4, 0.5) is 13.6 Å². The molecular formula is C35H44F2N4O6. The maximum atomic E-state index is 16.1. The quantitative estimate of drug-likeness (QED) is 0.413. The van der Waals surface area contributed by atoms with Crippen molar-refractivity contribution in [3.05, 3.63) is 23.9 Å². The number of carbonyl (C=O) groups excluding carboxylic acids is 3. The number of hydrogen-bond donors (Lipinski definition) is 1. The number of rotatable bonds is 3. The molecule has 2 unspecified atom stereocenters. The summed E-state index contributed by atoms with van der Waals surface area (Å²) in [5.74, 6) is -3.14. The van der Waals surface area contributed by atoms with E-state index < -0.39 is 48.2 Å². The molecule has 10 nitrogen and oxygen atoms in total. The van der Waals surface area contributed by atoms with E-state index in [-0.39, 0.29) is 48.2 Å². The third kappa shape index (κ3) is 6.24. The first kappa shape index (κ1) is 32.0. The number of aromatic nitrogens is 2. The number of methoxy groups -OCH3 is 1. The molecule has 5 aliphatic rings. The Balaban J connectivity index is 1.26. The number of fused-ring (bicyclic) bond motifs is 7. The van der Waals surface area contributed by atoms with Gasteiger partial charge >= 0.3 is 6.09 Å². The Bertz CT molecular complexity index is 1520. The lowest BCUT2D eigenvalue weighted by atomic mass is 9.83. The van der Waals surface area contributed by atoms with E-state index in [1.165, 1.54) is 12.0 Å². The van der Waals surface area contributed by atoms with Crippen LogP contribution >= 0.6 is 0 Å². The van der Waals surface area contributed by atoms with Crippen molar-refractivity contribution in [2.75, 3.05) is 13.7 Å². The monoisotopic (exact) mass is 654 g/mol. The van der Waals surface area contributed by atoms with Crippen molar-refractivity contribution < 1.29 is 37.4 Å². The molecule has 7 rings (SSSR count). The van der Waals surface area contributed by atoms with Crippen LogP contribution in [0.15, 0.2) is 18.2 Å². The second-order valence-electron chi connectivity index (χ2n) is 14.3. The Morgan fingerprint density at radius 2 is 1.74 bits per heavy atom. The molecule has 3 aliphatic carbocycles. The van der Waals surface area contributed by atoms with Gasteiger partial charge in [0, 0.05) is 18.4 Å². The molecule has 2 bridgehead atoms. The molecule has 8 atom stereocenters. The Morgan fingerprint density at radius 3 is 2.51 bits per heavy atom. The predicted molar refractivity (Wildman–Crippen MR) is 167 cm³/mol. The topological polar surface area (TPSA) is 120 Å². The lowest BCUT2D eigenvalue weighted by Gasteiger charge is -2.34. The Labute approximate surface area is 273 Å². The molecule has 2 amide bonds. The first-order valence-corrected chi connectivity index (χ1v) is 17.3. The zero-order valence-corrected chi connectivity index (χ0v) is 27.0. The van der Waals surface area contributed by atoms with Gasteiger partial charge in [-0.2, -0.15) is 8.78 Å². The molecule has 254 valence electrons. The van der Waals surface area contributed by atoms with Crippen LogP contribution in [0.2, 0.25) is 0 Å². The number of nitrogens with one attached hydrogen (secondary N) is 1. The standard InChI is InChI=1S/C35H44F2N4O6/c1-19-27(18-42)41-17-29(19)46-32-31(38-25-12-11-22(45-2)16-26(25)39-32)35(36,37)13-7-6-10-23-24-14-21(24)15-28(23)47-34(44)40-30(33(41)43)20-8-4-3-5-9-20/h11-12,16,18-21,23-24,27-30H,3-10,13-15,17H2,1-2H3,(H,40,44)/t19-,21?,23+,24?,27+,28+,29-,30-/m0/s1. The van der Waals surface area contributed by atoms with Crippen molar-refractivity contribution in [1.82, 2.24) is 20.2 Å². The van der Waals surface area contributed by atoms with Crippen LogP contribution in [0.3, 0.4) is 0 Å². The lowest BCUT2D eigenvalue weighted by Crippen LogP contribution is -2.55. The van der Waals surface area contributed by atoms with Crippen molar-refractivity contribution in [3.8, 4) is 11.6 Å². The summed E-state index contributed by atoms with van der Waals surface area (Å²) in [7, 11) is 1.51. The smallest absolute Gasteiger partial charge is 0.408 e. The molecule has 3 heterocycles. The van der Waals surface area contributed by atoms with E-state index in [0.29, 0.717) is 42.2 Å². The number of hydrogen-bond acceptors (Lipinski definition) is 8. The molecule has 1 aromatic heterocycles. The molecular weight excluding hydrogens is 610 g/mol. The molecule has 1 aromatic carbocycles. The number of halogens is 2. The second-order valence-corrected chi connectivity index (χ2v) is 14.3. The summed E-state index contributed by atoms with van der Waals surface area (Å²) in [4.78, 5) is 50.6. The van der Waals surface area contributed by atoms with Gasteiger partial charge in [-0.05, 0) is 74.3 Å². The van der Waals surface area contributed by atoms with Crippen LogP contribution in [0.5, 0.6) is 11.6 Å². The molecule has 47 heavy (non-hydrogen) atoms. The van der Waals surface area contributed by atoms with E-state index in [1.54, 1.807) is 25.1 Å². The minimum atomic E-state index is -3.34. The van der Waals surface area contributed by atoms with Gasteiger partial charge in [0.1, 0.15) is 30.3 Å². The summed E-state index contributed by atoms with van der Waals surface area (Å²) in [6.07, 6.45) is 6.34. The van der Waals surface area contributed by atoms with Crippen molar-refractivity contribution in [3.63, 3.8) is 0 Å². The van der Waals surface area contributed by atoms with Gasteiger partial charge in [-0.15, -0.1) is 0 Å². The highest BCUT2D eigenvalue weighted by atomic mass is 19.3. The zero-order valence-electron chi connectivity index (χ0n) is 27.0. The normalized spacial score (nSPS) is 34.5. The molecule has 3 saturated carbocycles. The maximum absolute atomic E-state index is 16.1. The van der Waals surface area contributed by atoms with Crippen LogP contribution in [0, 0.1) is 29.6 Å². The highest BCUT2D eigenvalue weighted by Gasteiger charge is 2.55. The summed E-state index contributed by atoms with van der Waals surface area (Å²) >= 11 is 0. The summed E-state index contributed by atoms with van der Waals surface area (Å²) < 4.78 is 49.8. The Hall–Kier alpha value is -3.57. The minimum absolute atomic E-state index is 0.0275. The number of benzene rings is 1. The number of alkyl halides is 2. The van der Waals surface area contributed by atoms with Crippen molar-refractivity contribution in [2.24, 2.45) is 29.6 Å². The fourth-order valence-corrected chi connectivity index (χ4v) is 8.70. The van der Waals surface area contributed by atoms with Gasteiger partial charge in [-0.25, -0.2) is 14.8 Å². The van der Waals surface area contributed by atoms with Gasteiger partial charge < -0.3 is 29.2 Å². The molecule has 1 saturated heterocycles. The van der Waals surface area contributed by atoms with Gasteiger partial charge in [0.25, 0.3) is 5.92 Å². The van der Waals surface area contributed by atoms with E-state index in [9.17, 15) is 14.4 Å². The Kier molecular flexibility index (Phi) is 8.72. The summed E-state index contributed by atoms with van der Waals surface area (Å²) in [5, 5.41) is 2.94. The number of aldehydes is 1. The van der Waals surface area contributed by atoms with Gasteiger partial charge in [-0.3, -0.25) is 4.79 Å². The fourth-order valence-electron chi connectivity index (χ4n) is 8.70. The second kappa shape index (κ2) is 12.8. The number of ether oxygens (including phenoxy) is 3. The molecule has 12 heteroatoms. The summed E-state index contributed by atoms with van der Waals surface area (Å²) in [5.41, 5.74) is 0.0688. The minimum Gasteiger partial charge on any atom is -0.497 e. The van der Waals surface area contributed by atoms with Gasteiger partial charge in [-0.1, -0.05) is 32.6 Å². The van der Waals surface area contributed by atoms with Gasteiger partial charge in [0.05, 0.1) is 30.7 Å². The molecule has 0 spiro atoms.